The Kier molecular flexibility index (Phi) is 2.35. The Morgan fingerprint density at radius 3 is 2.73 bits per heavy atom. The minimum atomic E-state index is -0.635. The predicted molar refractivity (Wildman–Crippen MR) is 60.1 cm³/mol. The molecule has 2 rings (SSSR count). The number of carbonyl (C=O) groups is 2. The van der Waals surface area contributed by atoms with Gasteiger partial charge in [0.15, 0.2) is 11.6 Å². The molecular formula is C12H12O2S. The van der Waals surface area contributed by atoms with Crippen molar-refractivity contribution in [2.45, 2.75) is 25.7 Å². The molecule has 0 aliphatic heterocycles. The first-order valence-corrected chi connectivity index (χ1v) is 5.72. The molecule has 1 aliphatic rings. The number of hydrogen-bond acceptors (Lipinski definition) is 3. The molecule has 1 aromatic rings. The molecule has 0 saturated heterocycles. The molecule has 15 heavy (non-hydrogen) atoms. The summed E-state index contributed by atoms with van der Waals surface area (Å²) in [5, 5.41) is 1.94. The first-order valence-electron chi connectivity index (χ1n) is 4.84. The molecule has 1 unspecified atom stereocenters. The van der Waals surface area contributed by atoms with Crippen LogP contribution in [0.1, 0.15) is 25.1 Å². The fraction of sp³-hybridized carbons (Fsp3) is 0.333. The van der Waals surface area contributed by atoms with E-state index in [0.29, 0.717) is 12.0 Å². The van der Waals surface area contributed by atoms with E-state index < -0.39 is 5.41 Å². The number of hydrogen-bond donors (Lipinski definition) is 0. The van der Waals surface area contributed by atoms with Crippen LogP contribution in [0.4, 0.5) is 0 Å². The van der Waals surface area contributed by atoms with E-state index in [1.54, 1.807) is 6.92 Å². The summed E-state index contributed by atoms with van der Waals surface area (Å²) in [6.45, 7) is 3.57. The molecular weight excluding hydrogens is 208 g/mol. The highest BCUT2D eigenvalue weighted by Crippen LogP contribution is 2.37. The summed E-state index contributed by atoms with van der Waals surface area (Å²) in [6, 6.07) is 3.84. The van der Waals surface area contributed by atoms with E-state index in [0.717, 1.165) is 4.88 Å². The standard InChI is InChI=1S/C12H12O2S/c1-8-6-9(13)7-12(2,11(8)14)10-4-3-5-15-10/h3-6H,7H2,1-2H3. The summed E-state index contributed by atoms with van der Waals surface area (Å²) in [7, 11) is 0. The van der Waals surface area contributed by atoms with Crippen molar-refractivity contribution in [1.82, 2.24) is 0 Å². The zero-order chi connectivity index (χ0) is 11.1. The maximum absolute atomic E-state index is 12.1. The molecule has 0 saturated carbocycles. The number of rotatable bonds is 1. The summed E-state index contributed by atoms with van der Waals surface area (Å²) >= 11 is 1.54. The van der Waals surface area contributed by atoms with Crippen LogP contribution in [0.2, 0.25) is 0 Å². The van der Waals surface area contributed by atoms with Gasteiger partial charge in [0.1, 0.15) is 0 Å². The van der Waals surface area contributed by atoms with E-state index in [4.69, 9.17) is 0 Å². The van der Waals surface area contributed by atoms with E-state index in [1.807, 2.05) is 24.4 Å². The molecule has 0 bridgehead atoms. The van der Waals surface area contributed by atoms with Crippen molar-refractivity contribution < 1.29 is 9.59 Å². The van der Waals surface area contributed by atoms with Crippen molar-refractivity contribution in [1.29, 1.82) is 0 Å². The van der Waals surface area contributed by atoms with Crippen molar-refractivity contribution in [2.24, 2.45) is 0 Å². The van der Waals surface area contributed by atoms with Crippen LogP contribution < -0.4 is 0 Å². The van der Waals surface area contributed by atoms with Crippen molar-refractivity contribution in [3.05, 3.63) is 34.0 Å². The molecule has 0 N–H and O–H groups in total. The van der Waals surface area contributed by atoms with Crippen LogP contribution >= 0.6 is 11.3 Å². The van der Waals surface area contributed by atoms with Crippen LogP contribution in [0.15, 0.2) is 29.2 Å². The molecule has 1 atom stereocenters. The van der Waals surface area contributed by atoms with E-state index >= 15 is 0 Å². The SMILES string of the molecule is CC1=CC(=O)CC(C)(c2cccs2)C1=O. The highest BCUT2D eigenvalue weighted by Gasteiger charge is 2.41. The normalized spacial score (nSPS) is 26.7. The van der Waals surface area contributed by atoms with E-state index in [9.17, 15) is 9.59 Å². The lowest BCUT2D eigenvalue weighted by atomic mass is 9.73. The molecule has 1 aliphatic carbocycles. The van der Waals surface area contributed by atoms with Gasteiger partial charge in [0.05, 0.1) is 5.41 Å². The van der Waals surface area contributed by atoms with Crippen LogP contribution in [-0.4, -0.2) is 11.6 Å². The average Bonchev–Trinajstić information content (AvgIpc) is 2.67. The number of ketones is 2. The highest BCUT2D eigenvalue weighted by molar-refractivity contribution is 7.10. The number of allylic oxidation sites excluding steroid dienone is 2. The molecule has 3 heteroatoms. The van der Waals surface area contributed by atoms with Crippen LogP contribution in [0.5, 0.6) is 0 Å². The fourth-order valence-corrected chi connectivity index (χ4v) is 2.90. The summed E-state index contributed by atoms with van der Waals surface area (Å²) in [6.07, 6.45) is 1.75. The lowest BCUT2D eigenvalue weighted by molar-refractivity contribution is -0.126. The van der Waals surface area contributed by atoms with Crippen molar-refractivity contribution >= 4 is 22.9 Å². The minimum absolute atomic E-state index is 0.0444. The third-order valence-electron chi connectivity index (χ3n) is 2.83. The van der Waals surface area contributed by atoms with Crippen LogP contribution in [0, 0.1) is 0 Å². The quantitative estimate of drug-likeness (QED) is 0.728. The largest absolute Gasteiger partial charge is 0.295 e. The van der Waals surface area contributed by atoms with Crippen LogP contribution in [0.3, 0.4) is 0 Å². The first-order chi connectivity index (χ1) is 7.04. The number of Topliss-reactive ketones (excluding diaryl/α,β-unsaturated/α-hetero) is 1. The molecule has 1 heterocycles. The average molecular weight is 220 g/mol. The van der Waals surface area contributed by atoms with Gasteiger partial charge in [-0.2, -0.15) is 0 Å². The Labute approximate surface area is 92.6 Å². The molecule has 0 spiro atoms. The summed E-state index contributed by atoms with van der Waals surface area (Å²) in [4.78, 5) is 24.6. The molecule has 1 aromatic heterocycles. The third kappa shape index (κ3) is 1.57. The van der Waals surface area contributed by atoms with Gasteiger partial charge in [-0.25, -0.2) is 0 Å². The topological polar surface area (TPSA) is 34.1 Å². The van der Waals surface area contributed by atoms with Gasteiger partial charge in [-0.1, -0.05) is 6.07 Å². The third-order valence-corrected chi connectivity index (χ3v) is 3.96. The van der Waals surface area contributed by atoms with Crippen molar-refractivity contribution in [3.8, 4) is 0 Å². The molecule has 78 valence electrons. The molecule has 0 radical (unpaired) electrons. The van der Waals surface area contributed by atoms with Gasteiger partial charge < -0.3 is 0 Å². The van der Waals surface area contributed by atoms with Gasteiger partial charge in [-0.05, 0) is 36.9 Å². The number of thiophene rings is 1. The van der Waals surface area contributed by atoms with E-state index in [-0.39, 0.29) is 11.6 Å². The molecule has 0 aromatic carbocycles. The van der Waals surface area contributed by atoms with Gasteiger partial charge in [0.2, 0.25) is 0 Å². The summed E-state index contributed by atoms with van der Waals surface area (Å²) in [5.74, 6) is 0.118. The Morgan fingerprint density at radius 2 is 2.13 bits per heavy atom. The van der Waals surface area contributed by atoms with E-state index in [2.05, 4.69) is 0 Å². The summed E-state index contributed by atoms with van der Waals surface area (Å²) < 4.78 is 0. The monoisotopic (exact) mass is 220 g/mol. The Bertz CT molecular complexity index is 442. The molecule has 2 nitrogen and oxygen atoms in total. The van der Waals surface area contributed by atoms with Crippen LogP contribution in [0.25, 0.3) is 0 Å². The molecule has 0 fully saturated rings. The Morgan fingerprint density at radius 1 is 1.40 bits per heavy atom. The second kappa shape index (κ2) is 3.42. The zero-order valence-corrected chi connectivity index (χ0v) is 9.56. The Balaban J connectivity index is 2.50. The first kappa shape index (κ1) is 10.3. The van der Waals surface area contributed by atoms with Gasteiger partial charge in [0, 0.05) is 11.3 Å². The van der Waals surface area contributed by atoms with Crippen molar-refractivity contribution in [3.63, 3.8) is 0 Å². The van der Waals surface area contributed by atoms with Gasteiger partial charge in [-0.15, -0.1) is 11.3 Å². The van der Waals surface area contributed by atoms with Gasteiger partial charge >= 0.3 is 0 Å². The zero-order valence-electron chi connectivity index (χ0n) is 8.74. The predicted octanol–water partition coefficient (Wildman–Crippen LogP) is 2.49. The minimum Gasteiger partial charge on any atom is -0.295 e. The highest BCUT2D eigenvalue weighted by atomic mass is 32.1. The second-order valence-electron chi connectivity index (χ2n) is 4.11. The summed E-state index contributed by atoms with van der Waals surface area (Å²) in [5.41, 5.74) is -0.0634. The van der Waals surface area contributed by atoms with Gasteiger partial charge in [0.25, 0.3) is 0 Å². The van der Waals surface area contributed by atoms with Gasteiger partial charge in [-0.3, -0.25) is 9.59 Å². The number of carbonyl (C=O) groups excluding carboxylic acids is 2. The van der Waals surface area contributed by atoms with Crippen molar-refractivity contribution in [2.75, 3.05) is 0 Å². The maximum atomic E-state index is 12.1. The molecule has 0 amide bonds. The maximum Gasteiger partial charge on any atom is 0.170 e. The van der Waals surface area contributed by atoms with E-state index in [1.165, 1.54) is 17.4 Å². The second-order valence-corrected chi connectivity index (χ2v) is 5.06. The lowest BCUT2D eigenvalue weighted by Gasteiger charge is -2.29. The van der Waals surface area contributed by atoms with Crippen LogP contribution in [-0.2, 0) is 15.0 Å². The Hall–Kier alpha value is -1.22. The lowest BCUT2D eigenvalue weighted by Crippen LogP contribution is -2.37. The smallest absolute Gasteiger partial charge is 0.170 e. The fourth-order valence-electron chi connectivity index (χ4n) is 2.01.